The minimum Gasteiger partial charge on any atom is -0.487 e. The number of aromatic nitrogens is 3. The Bertz CT molecular complexity index is 989. The molecular formula is C21H20ClFN4O2. The SMILES string of the molecule is O=C(CCc1ccc(F)c(Cl)c1)N1CC(n2cc(COc3ccccc3)nn2)C1. The van der Waals surface area contributed by atoms with Gasteiger partial charge in [0.25, 0.3) is 0 Å². The average molecular weight is 415 g/mol. The van der Waals surface area contributed by atoms with Crippen LogP contribution >= 0.6 is 11.6 Å². The molecule has 0 saturated carbocycles. The van der Waals surface area contributed by atoms with Crippen molar-refractivity contribution in [3.63, 3.8) is 0 Å². The monoisotopic (exact) mass is 414 g/mol. The normalized spacial score (nSPS) is 13.9. The highest BCUT2D eigenvalue weighted by molar-refractivity contribution is 6.30. The van der Waals surface area contributed by atoms with Gasteiger partial charge in [0, 0.05) is 19.5 Å². The van der Waals surface area contributed by atoms with Crippen molar-refractivity contribution in [3.05, 3.63) is 76.8 Å². The molecule has 0 N–H and O–H groups in total. The average Bonchev–Trinajstić information content (AvgIpc) is 3.15. The molecule has 0 aliphatic carbocycles. The molecule has 150 valence electrons. The van der Waals surface area contributed by atoms with Crippen molar-refractivity contribution >= 4 is 17.5 Å². The number of halogens is 2. The zero-order chi connectivity index (χ0) is 20.2. The number of amides is 1. The summed E-state index contributed by atoms with van der Waals surface area (Å²) < 4.78 is 20.7. The molecule has 2 heterocycles. The zero-order valence-electron chi connectivity index (χ0n) is 15.7. The maximum atomic E-state index is 13.2. The number of para-hydroxylation sites is 1. The fourth-order valence-electron chi connectivity index (χ4n) is 3.16. The van der Waals surface area contributed by atoms with Gasteiger partial charge in [-0.15, -0.1) is 5.10 Å². The zero-order valence-corrected chi connectivity index (χ0v) is 16.4. The summed E-state index contributed by atoms with van der Waals surface area (Å²) in [7, 11) is 0. The summed E-state index contributed by atoms with van der Waals surface area (Å²) in [6, 6.07) is 14.2. The first-order valence-corrected chi connectivity index (χ1v) is 9.76. The molecule has 8 heteroatoms. The second-order valence-corrected chi connectivity index (χ2v) is 7.40. The number of nitrogens with zero attached hydrogens (tertiary/aromatic N) is 4. The van der Waals surface area contributed by atoms with Crippen molar-refractivity contribution < 1.29 is 13.9 Å². The van der Waals surface area contributed by atoms with Crippen molar-refractivity contribution in [3.8, 4) is 5.75 Å². The van der Waals surface area contributed by atoms with E-state index in [0.29, 0.717) is 32.5 Å². The van der Waals surface area contributed by atoms with Crippen LogP contribution in [0.3, 0.4) is 0 Å². The maximum absolute atomic E-state index is 13.2. The van der Waals surface area contributed by atoms with Crippen LogP contribution in [0.4, 0.5) is 4.39 Å². The summed E-state index contributed by atoms with van der Waals surface area (Å²) in [4.78, 5) is 14.1. The summed E-state index contributed by atoms with van der Waals surface area (Å²) in [5.74, 6) is 0.396. The smallest absolute Gasteiger partial charge is 0.223 e. The standard InChI is InChI=1S/C21H20ClFN4O2/c22-19-10-15(6-8-20(19)23)7-9-21(28)26-12-17(13-26)27-11-16(24-25-27)14-29-18-4-2-1-3-5-18/h1-6,8,10-11,17H,7,9,12-14H2. The van der Waals surface area contributed by atoms with E-state index >= 15 is 0 Å². The van der Waals surface area contributed by atoms with Gasteiger partial charge in [-0.2, -0.15) is 0 Å². The number of benzene rings is 2. The summed E-state index contributed by atoms with van der Waals surface area (Å²) in [6.45, 7) is 1.55. The highest BCUT2D eigenvalue weighted by Gasteiger charge is 2.32. The maximum Gasteiger partial charge on any atom is 0.223 e. The van der Waals surface area contributed by atoms with Crippen molar-refractivity contribution in [2.75, 3.05) is 13.1 Å². The first-order chi connectivity index (χ1) is 14.1. The molecule has 1 aliphatic heterocycles. The highest BCUT2D eigenvalue weighted by atomic mass is 35.5. The second kappa shape index (κ2) is 8.61. The van der Waals surface area contributed by atoms with Crippen LogP contribution in [0.25, 0.3) is 0 Å². The van der Waals surface area contributed by atoms with Gasteiger partial charge in [0.2, 0.25) is 5.91 Å². The van der Waals surface area contributed by atoms with E-state index in [0.717, 1.165) is 17.0 Å². The van der Waals surface area contributed by atoms with Gasteiger partial charge in [-0.25, -0.2) is 9.07 Å². The summed E-state index contributed by atoms with van der Waals surface area (Å²) in [5, 5.41) is 8.37. The fourth-order valence-corrected chi connectivity index (χ4v) is 3.37. The van der Waals surface area contributed by atoms with E-state index in [9.17, 15) is 9.18 Å². The van der Waals surface area contributed by atoms with Crippen LogP contribution in [-0.2, 0) is 17.8 Å². The Labute approximate surface area is 172 Å². The first-order valence-electron chi connectivity index (χ1n) is 9.39. The number of carbonyl (C=O) groups excluding carboxylic acids is 1. The lowest BCUT2D eigenvalue weighted by atomic mass is 10.1. The van der Waals surface area contributed by atoms with Crippen LogP contribution in [0, 0.1) is 5.82 Å². The number of rotatable bonds is 7. The molecule has 0 unspecified atom stereocenters. The van der Waals surface area contributed by atoms with E-state index in [1.165, 1.54) is 6.07 Å². The van der Waals surface area contributed by atoms with E-state index in [2.05, 4.69) is 10.3 Å². The predicted octanol–water partition coefficient (Wildman–Crippen LogP) is 3.67. The number of hydrogen-bond donors (Lipinski definition) is 0. The Kier molecular flexibility index (Phi) is 5.76. The van der Waals surface area contributed by atoms with Crippen LogP contribution in [0.1, 0.15) is 23.7 Å². The molecule has 4 rings (SSSR count). The van der Waals surface area contributed by atoms with Gasteiger partial charge in [0.15, 0.2) is 0 Å². The fraction of sp³-hybridized carbons (Fsp3) is 0.286. The Hall–Kier alpha value is -2.93. The molecule has 3 aromatic rings. The molecule has 0 radical (unpaired) electrons. The summed E-state index contributed by atoms with van der Waals surface area (Å²) >= 11 is 5.78. The Morgan fingerprint density at radius 2 is 2.00 bits per heavy atom. The number of hydrogen-bond acceptors (Lipinski definition) is 4. The first kappa shape index (κ1) is 19.4. The lowest BCUT2D eigenvalue weighted by molar-refractivity contribution is -0.137. The molecule has 1 aromatic heterocycles. The molecule has 0 spiro atoms. The van der Waals surface area contributed by atoms with Crippen LogP contribution in [-0.4, -0.2) is 38.9 Å². The number of ether oxygens (including phenoxy) is 1. The van der Waals surface area contributed by atoms with Gasteiger partial charge in [-0.05, 0) is 36.2 Å². The Balaban J connectivity index is 1.22. The van der Waals surface area contributed by atoms with Gasteiger partial charge in [0.1, 0.15) is 23.9 Å². The molecule has 2 aromatic carbocycles. The second-order valence-electron chi connectivity index (χ2n) is 6.99. The van der Waals surface area contributed by atoms with Gasteiger partial charge >= 0.3 is 0 Å². The van der Waals surface area contributed by atoms with E-state index in [1.54, 1.807) is 21.7 Å². The summed E-state index contributed by atoms with van der Waals surface area (Å²) in [6.07, 6.45) is 2.75. The van der Waals surface area contributed by atoms with E-state index in [1.807, 2.05) is 36.5 Å². The number of carbonyl (C=O) groups is 1. The Morgan fingerprint density at radius 1 is 1.21 bits per heavy atom. The molecule has 1 fully saturated rings. The van der Waals surface area contributed by atoms with Gasteiger partial charge < -0.3 is 9.64 Å². The summed E-state index contributed by atoms with van der Waals surface area (Å²) in [5.41, 5.74) is 1.59. The molecule has 6 nitrogen and oxygen atoms in total. The third kappa shape index (κ3) is 4.74. The quantitative estimate of drug-likeness (QED) is 0.592. The minimum atomic E-state index is -0.450. The lowest BCUT2D eigenvalue weighted by Crippen LogP contribution is -2.51. The van der Waals surface area contributed by atoms with Gasteiger partial charge in [-0.3, -0.25) is 4.79 Å². The van der Waals surface area contributed by atoms with Crippen molar-refractivity contribution in [1.82, 2.24) is 19.9 Å². The van der Waals surface area contributed by atoms with E-state index < -0.39 is 5.82 Å². The molecule has 1 aliphatic rings. The van der Waals surface area contributed by atoms with E-state index in [-0.39, 0.29) is 17.0 Å². The Morgan fingerprint density at radius 3 is 2.76 bits per heavy atom. The van der Waals surface area contributed by atoms with Crippen LogP contribution in [0.5, 0.6) is 5.75 Å². The van der Waals surface area contributed by atoms with Gasteiger partial charge in [0.05, 0.1) is 17.3 Å². The van der Waals surface area contributed by atoms with Crippen molar-refractivity contribution in [2.24, 2.45) is 0 Å². The molecule has 0 atom stereocenters. The molecule has 1 amide bonds. The molecule has 0 bridgehead atoms. The molecule has 29 heavy (non-hydrogen) atoms. The predicted molar refractivity (Wildman–Crippen MR) is 106 cm³/mol. The number of likely N-dealkylation sites (tertiary alicyclic amines) is 1. The van der Waals surface area contributed by atoms with Crippen LogP contribution in [0.15, 0.2) is 54.7 Å². The minimum absolute atomic E-state index is 0.0643. The van der Waals surface area contributed by atoms with Crippen molar-refractivity contribution in [2.45, 2.75) is 25.5 Å². The van der Waals surface area contributed by atoms with Gasteiger partial charge in [-0.1, -0.05) is 41.1 Å². The molecular weight excluding hydrogens is 395 g/mol. The lowest BCUT2D eigenvalue weighted by Gasteiger charge is -2.39. The van der Waals surface area contributed by atoms with Crippen molar-refractivity contribution in [1.29, 1.82) is 0 Å². The molecule has 1 saturated heterocycles. The van der Waals surface area contributed by atoms with Crippen LogP contribution in [0.2, 0.25) is 5.02 Å². The highest BCUT2D eigenvalue weighted by Crippen LogP contribution is 2.23. The topological polar surface area (TPSA) is 60.2 Å². The number of aryl methyl sites for hydroxylation is 1. The van der Waals surface area contributed by atoms with E-state index in [4.69, 9.17) is 16.3 Å². The van der Waals surface area contributed by atoms with Crippen LogP contribution < -0.4 is 4.74 Å². The third-order valence-electron chi connectivity index (χ3n) is 4.89. The largest absolute Gasteiger partial charge is 0.487 e. The third-order valence-corrected chi connectivity index (χ3v) is 5.18.